The lowest BCUT2D eigenvalue weighted by molar-refractivity contribution is 0.497. The smallest absolute Gasteiger partial charge is 0.123 e. The van der Waals surface area contributed by atoms with Crippen LogP contribution >= 0.6 is 11.8 Å². The van der Waals surface area contributed by atoms with Crippen LogP contribution in [-0.4, -0.2) is 4.57 Å². The lowest BCUT2D eigenvalue weighted by atomic mass is 10.2. The topological polar surface area (TPSA) is 54.7 Å². The van der Waals surface area contributed by atoms with E-state index >= 15 is 0 Å². The molecular formula is C15H17N3S. The lowest BCUT2D eigenvalue weighted by Crippen LogP contribution is -2.07. The Morgan fingerprint density at radius 2 is 2.05 bits per heavy atom. The molecule has 0 saturated carbocycles. The van der Waals surface area contributed by atoms with Crippen molar-refractivity contribution in [3.05, 3.63) is 42.1 Å². The van der Waals surface area contributed by atoms with Gasteiger partial charge in [-0.2, -0.15) is 5.26 Å². The maximum atomic E-state index is 9.23. The molecule has 0 amide bonds. The molecule has 98 valence electrons. The number of hydrogen-bond donors (Lipinski definition) is 1. The van der Waals surface area contributed by atoms with Gasteiger partial charge in [-0.1, -0.05) is 36.9 Å². The van der Waals surface area contributed by atoms with Crippen LogP contribution in [0.25, 0.3) is 0 Å². The zero-order valence-electron chi connectivity index (χ0n) is 11.1. The van der Waals surface area contributed by atoms with Gasteiger partial charge < -0.3 is 10.3 Å². The molecule has 4 heteroatoms. The Kier molecular flexibility index (Phi) is 4.18. The molecule has 2 rings (SSSR count). The number of nitrogens with zero attached hydrogens (tertiary/aromatic N) is 2. The number of nitrogens with two attached hydrogens (primary N) is 1. The molecule has 0 saturated heterocycles. The summed E-state index contributed by atoms with van der Waals surface area (Å²) in [6.07, 6.45) is 0.963. The minimum absolute atomic E-state index is 0.262. The number of nitrogen functional groups attached to an aromatic ring is 1. The highest BCUT2D eigenvalue weighted by Gasteiger charge is 2.17. The molecule has 3 nitrogen and oxygen atoms in total. The summed E-state index contributed by atoms with van der Waals surface area (Å²) >= 11 is 1.61. The van der Waals surface area contributed by atoms with Crippen LogP contribution in [0.5, 0.6) is 0 Å². The third kappa shape index (κ3) is 2.77. The van der Waals surface area contributed by atoms with Gasteiger partial charge >= 0.3 is 0 Å². The number of aromatic nitrogens is 1. The minimum atomic E-state index is 0.262. The Hall–Kier alpha value is -1.86. The van der Waals surface area contributed by atoms with Crippen LogP contribution in [0.4, 0.5) is 5.69 Å². The van der Waals surface area contributed by atoms with Gasteiger partial charge in [0.15, 0.2) is 0 Å². The summed E-state index contributed by atoms with van der Waals surface area (Å²) in [6.45, 7) is 4.22. The molecule has 0 aliphatic carbocycles. The van der Waals surface area contributed by atoms with Gasteiger partial charge in [0.2, 0.25) is 0 Å². The molecule has 0 fully saturated rings. The molecule has 0 bridgehead atoms. The second-order valence-corrected chi connectivity index (χ2v) is 5.51. The van der Waals surface area contributed by atoms with Gasteiger partial charge in [-0.3, -0.25) is 0 Å². The Labute approximate surface area is 118 Å². The fourth-order valence-electron chi connectivity index (χ4n) is 1.94. The molecule has 2 N–H and O–H groups in total. The number of hydrogen-bond acceptors (Lipinski definition) is 3. The molecule has 0 unspecified atom stereocenters. The second-order valence-electron chi connectivity index (χ2n) is 4.44. The summed E-state index contributed by atoms with van der Waals surface area (Å²) in [6, 6.07) is 14.3. The van der Waals surface area contributed by atoms with Gasteiger partial charge in [-0.05, 0) is 31.5 Å². The van der Waals surface area contributed by atoms with Crippen LogP contribution in [0.3, 0.4) is 0 Å². The van der Waals surface area contributed by atoms with Crippen molar-refractivity contribution in [3.63, 3.8) is 0 Å². The Morgan fingerprint density at radius 1 is 1.37 bits per heavy atom. The van der Waals surface area contributed by atoms with Gasteiger partial charge in [0.05, 0.1) is 5.69 Å². The molecule has 1 aromatic carbocycles. The average Bonchev–Trinajstić information content (AvgIpc) is 2.76. The van der Waals surface area contributed by atoms with E-state index in [4.69, 9.17) is 5.73 Å². The first-order chi connectivity index (χ1) is 9.17. The molecule has 0 aliphatic rings. The van der Waals surface area contributed by atoms with Crippen molar-refractivity contribution in [3.8, 4) is 6.07 Å². The van der Waals surface area contributed by atoms with E-state index in [9.17, 15) is 5.26 Å². The summed E-state index contributed by atoms with van der Waals surface area (Å²) in [7, 11) is 0. The summed E-state index contributed by atoms with van der Waals surface area (Å²) in [5.74, 6) is 0. The summed E-state index contributed by atoms with van der Waals surface area (Å²) in [4.78, 5) is 1.13. The Bertz CT molecular complexity index is 596. The van der Waals surface area contributed by atoms with E-state index in [1.807, 2.05) is 34.9 Å². The molecule has 0 aliphatic heterocycles. The maximum absolute atomic E-state index is 9.23. The lowest BCUT2D eigenvalue weighted by Gasteiger charge is -2.17. The summed E-state index contributed by atoms with van der Waals surface area (Å²) < 4.78 is 2.03. The van der Waals surface area contributed by atoms with Crippen LogP contribution in [-0.2, 0) is 0 Å². The van der Waals surface area contributed by atoms with Gasteiger partial charge in [-0.15, -0.1) is 0 Å². The standard InChI is InChI=1S/C15H17N3S/c1-3-11(2)18-12(10-16)9-14(17)15(18)19-13-7-5-4-6-8-13/h4-9,11H,3,17H2,1-2H3/t11-/m0/s1. The zero-order valence-corrected chi connectivity index (χ0v) is 11.9. The number of benzene rings is 1. The van der Waals surface area contributed by atoms with Crippen molar-refractivity contribution in [1.29, 1.82) is 5.26 Å². The average molecular weight is 271 g/mol. The largest absolute Gasteiger partial charge is 0.397 e. The van der Waals surface area contributed by atoms with Crippen molar-refractivity contribution < 1.29 is 0 Å². The normalized spacial score (nSPS) is 12.1. The SMILES string of the molecule is CC[C@H](C)n1c(C#N)cc(N)c1Sc1ccccc1. The van der Waals surface area contributed by atoms with E-state index in [0.717, 1.165) is 16.3 Å². The fourth-order valence-corrected chi connectivity index (χ4v) is 3.01. The van der Waals surface area contributed by atoms with Crippen LogP contribution in [0.1, 0.15) is 32.0 Å². The quantitative estimate of drug-likeness (QED) is 0.912. The highest BCUT2D eigenvalue weighted by molar-refractivity contribution is 7.99. The van der Waals surface area contributed by atoms with Gasteiger partial charge in [0, 0.05) is 10.9 Å². The molecule has 0 spiro atoms. The molecule has 0 radical (unpaired) electrons. The van der Waals surface area contributed by atoms with Crippen LogP contribution in [0.2, 0.25) is 0 Å². The Morgan fingerprint density at radius 3 is 2.63 bits per heavy atom. The third-order valence-electron chi connectivity index (χ3n) is 3.12. The number of nitriles is 1. The van der Waals surface area contributed by atoms with Crippen molar-refractivity contribution in [1.82, 2.24) is 4.57 Å². The zero-order chi connectivity index (χ0) is 13.8. The predicted molar refractivity (Wildman–Crippen MR) is 79.1 cm³/mol. The second kappa shape index (κ2) is 5.85. The predicted octanol–water partition coefficient (Wildman–Crippen LogP) is 4.06. The van der Waals surface area contributed by atoms with Crippen molar-refractivity contribution in [2.24, 2.45) is 0 Å². The maximum Gasteiger partial charge on any atom is 0.123 e. The van der Waals surface area contributed by atoms with E-state index in [2.05, 4.69) is 19.9 Å². The van der Waals surface area contributed by atoms with Crippen molar-refractivity contribution in [2.75, 3.05) is 5.73 Å². The van der Waals surface area contributed by atoms with Crippen LogP contribution in [0, 0.1) is 11.3 Å². The first-order valence-electron chi connectivity index (χ1n) is 6.31. The Balaban J connectivity index is 2.45. The molecule has 2 aromatic rings. The van der Waals surface area contributed by atoms with E-state index in [-0.39, 0.29) is 6.04 Å². The number of anilines is 1. The van der Waals surface area contributed by atoms with E-state index in [0.29, 0.717) is 11.4 Å². The molecule has 1 heterocycles. The monoisotopic (exact) mass is 271 g/mol. The summed E-state index contributed by atoms with van der Waals surface area (Å²) in [5.41, 5.74) is 7.37. The van der Waals surface area contributed by atoms with E-state index in [1.165, 1.54) is 0 Å². The first-order valence-corrected chi connectivity index (χ1v) is 7.12. The highest BCUT2D eigenvalue weighted by Crippen LogP contribution is 2.37. The first kappa shape index (κ1) is 13.6. The molecule has 1 aromatic heterocycles. The van der Waals surface area contributed by atoms with Gasteiger partial charge in [0.1, 0.15) is 16.8 Å². The number of rotatable bonds is 4. The van der Waals surface area contributed by atoms with E-state index in [1.54, 1.807) is 17.8 Å². The molecule has 19 heavy (non-hydrogen) atoms. The van der Waals surface area contributed by atoms with Crippen LogP contribution in [0.15, 0.2) is 46.3 Å². The summed E-state index contributed by atoms with van der Waals surface area (Å²) in [5, 5.41) is 10.2. The van der Waals surface area contributed by atoms with Crippen molar-refractivity contribution in [2.45, 2.75) is 36.2 Å². The van der Waals surface area contributed by atoms with E-state index < -0.39 is 0 Å². The fraction of sp³-hybridized carbons (Fsp3) is 0.267. The molecular weight excluding hydrogens is 254 g/mol. The van der Waals surface area contributed by atoms with Gasteiger partial charge in [0.25, 0.3) is 0 Å². The van der Waals surface area contributed by atoms with Crippen LogP contribution < -0.4 is 5.73 Å². The van der Waals surface area contributed by atoms with Gasteiger partial charge in [-0.25, -0.2) is 0 Å². The minimum Gasteiger partial charge on any atom is -0.397 e. The highest BCUT2D eigenvalue weighted by atomic mass is 32.2. The third-order valence-corrected chi connectivity index (χ3v) is 4.25. The molecule has 1 atom stereocenters. The van der Waals surface area contributed by atoms with Crippen molar-refractivity contribution >= 4 is 17.4 Å².